The first-order chi connectivity index (χ1) is 9.19. The van der Waals surface area contributed by atoms with Crippen LogP contribution >= 0.6 is 11.3 Å². The number of carboxylic acid groups (broad SMARTS) is 1. The van der Waals surface area contributed by atoms with Crippen LogP contribution in [0.25, 0.3) is 0 Å². The molecule has 0 bridgehead atoms. The van der Waals surface area contributed by atoms with E-state index in [2.05, 4.69) is 9.88 Å². The summed E-state index contributed by atoms with van der Waals surface area (Å²) in [4.78, 5) is 17.3. The van der Waals surface area contributed by atoms with Crippen LogP contribution in [0.3, 0.4) is 0 Å². The molecule has 19 heavy (non-hydrogen) atoms. The number of anilines is 1. The molecule has 0 spiro atoms. The fourth-order valence-electron chi connectivity index (χ4n) is 2.45. The standard InChI is InChI=1S/C13H20N2O3S/c16-7-5-10-2-1-6-15(8-10)13-14-11(9-19-13)3-4-12(17)18/h9-10,16H,1-8H2,(H,17,18). The van der Waals surface area contributed by atoms with Gasteiger partial charge in [0.2, 0.25) is 0 Å². The molecule has 1 aromatic rings. The molecule has 0 aliphatic carbocycles. The number of hydrogen-bond donors (Lipinski definition) is 2. The Morgan fingerprint density at radius 2 is 2.42 bits per heavy atom. The number of hydrogen-bond acceptors (Lipinski definition) is 5. The van der Waals surface area contributed by atoms with E-state index in [1.807, 2.05) is 5.38 Å². The maximum atomic E-state index is 10.5. The lowest BCUT2D eigenvalue weighted by Crippen LogP contribution is -2.35. The molecule has 1 atom stereocenters. The number of thiazole rings is 1. The lowest BCUT2D eigenvalue weighted by molar-refractivity contribution is -0.136. The third-order valence-electron chi connectivity index (χ3n) is 3.46. The van der Waals surface area contributed by atoms with Gasteiger partial charge >= 0.3 is 5.97 Å². The Balaban J connectivity index is 1.92. The number of piperidine rings is 1. The van der Waals surface area contributed by atoms with Gasteiger partial charge in [0, 0.05) is 31.5 Å². The first kappa shape index (κ1) is 14.3. The van der Waals surface area contributed by atoms with Crippen LogP contribution in [0.4, 0.5) is 5.13 Å². The molecule has 1 aliphatic rings. The van der Waals surface area contributed by atoms with E-state index in [4.69, 9.17) is 10.2 Å². The summed E-state index contributed by atoms with van der Waals surface area (Å²) in [7, 11) is 0. The molecule has 1 aromatic heterocycles. The van der Waals surface area contributed by atoms with Crippen molar-refractivity contribution >= 4 is 22.4 Å². The first-order valence-corrected chi connectivity index (χ1v) is 7.59. The van der Waals surface area contributed by atoms with E-state index in [0.717, 1.165) is 36.8 Å². The summed E-state index contributed by atoms with van der Waals surface area (Å²) in [5.41, 5.74) is 0.867. The van der Waals surface area contributed by atoms with Gasteiger partial charge in [-0.25, -0.2) is 4.98 Å². The zero-order chi connectivity index (χ0) is 13.7. The molecular formula is C13H20N2O3S. The molecule has 1 saturated heterocycles. The van der Waals surface area contributed by atoms with Crippen LogP contribution < -0.4 is 4.90 Å². The van der Waals surface area contributed by atoms with Crippen LogP contribution in [0.2, 0.25) is 0 Å². The Hall–Kier alpha value is -1.14. The highest BCUT2D eigenvalue weighted by atomic mass is 32.1. The normalized spacial score (nSPS) is 19.6. The minimum Gasteiger partial charge on any atom is -0.481 e. The van der Waals surface area contributed by atoms with Gasteiger partial charge in [-0.1, -0.05) is 0 Å². The van der Waals surface area contributed by atoms with Crippen molar-refractivity contribution in [1.29, 1.82) is 0 Å². The van der Waals surface area contributed by atoms with E-state index in [1.54, 1.807) is 11.3 Å². The fraction of sp³-hybridized carbons (Fsp3) is 0.692. The van der Waals surface area contributed by atoms with Crippen LogP contribution in [0.1, 0.15) is 31.4 Å². The minimum absolute atomic E-state index is 0.135. The van der Waals surface area contributed by atoms with Crippen molar-refractivity contribution in [1.82, 2.24) is 4.98 Å². The SMILES string of the molecule is O=C(O)CCc1csc(N2CCCC(CCO)C2)n1. The van der Waals surface area contributed by atoms with Crippen molar-refractivity contribution in [3.05, 3.63) is 11.1 Å². The summed E-state index contributed by atoms with van der Waals surface area (Å²) in [6.07, 6.45) is 3.80. The lowest BCUT2D eigenvalue weighted by atomic mass is 9.95. The van der Waals surface area contributed by atoms with E-state index >= 15 is 0 Å². The Morgan fingerprint density at radius 3 is 3.16 bits per heavy atom. The molecule has 0 aromatic carbocycles. The maximum Gasteiger partial charge on any atom is 0.303 e. The van der Waals surface area contributed by atoms with Crippen LogP contribution in [0.15, 0.2) is 5.38 Å². The number of aryl methyl sites for hydroxylation is 1. The van der Waals surface area contributed by atoms with Gasteiger partial charge in [0.1, 0.15) is 0 Å². The number of aliphatic hydroxyl groups is 1. The molecule has 2 N–H and O–H groups in total. The Kier molecular flexibility index (Phi) is 5.15. The summed E-state index contributed by atoms with van der Waals surface area (Å²) < 4.78 is 0. The summed E-state index contributed by atoms with van der Waals surface area (Å²) in [5.74, 6) is -0.236. The van der Waals surface area contributed by atoms with Crippen molar-refractivity contribution in [2.24, 2.45) is 5.92 Å². The second kappa shape index (κ2) is 6.86. The second-order valence-corrected chi connectivity index (χ2v) is 5.82. The fourth-order valence-corrected chi connectivity index (χ4v) is 3.35. The van der Waals surface area contributed by atoms with Crippen molar-refractivity contribution < 1.29 is 15.0 Å². The van der Waals surface area contributed by atoms with Crippen molar-refractivity contribution in [3.63, 3.8) is 0 Å². The monoisotopic (exact) mass is 284 g/mol. The Bertz CT molecular complexity index is 420. The van der Waals surface area contributed by atoms with Gasteiger partial charge in [-0.15, -0.1) is 11.3 Å². The molecular weight excluding hydrogens is 264 g/mol. The van der Waals surface area contributed by atoms with Crippen LogP contribution in [0, 0.1) is 5.92 Å². The molecule has 6 heteroatoms. The molecule has 5 nitrogen and oxygen atoms in total. The molecule has 1 fully saturated rings. The van der Waals surface area contributed by atoms with Gasteiger partial charge < -0.3 is 15.1 Å². The zero-order valence-electron chi connectivity index (χ0n) is 10.9. The molecule has 1 aliphatic heterocycles. The molecule has 0 radical (unpaired) electrons. The largest absolute Gasteiger partial charge is 0.481 e. The Morgan fingerprint density at radius 1 is 1.58 bits per heavy atom. The summed E-state index contributed by atoms with van der Waals surface area (Å²) in [6, 6.07) is 0. The highest BCUT2D eigenvalue weighted by Crippen LogP contribution is 2.27. The number of nitrogens with zero attached hydrogens (tertiary/aromatic N) is 2. The molecule has 0 amide bonds. The van der Waals surface area contributed by atoms with Gasteiger partial charge in [0.25, 0.3) is 0 Å². The molecule has 106 valence electrons. The molecule has 1 unspecified atom stereocenters. The van der Waals surface area contributed by atoms with E-state index in [9.17, 15) is 4.79 Å². The minimum atomic E-state index is -0.782. The van der Waals surface area contributed by atoms with E-state index < -0.39 is 5.97 Å². The smallest absolute Gasteiger partial charge is 0.303 e. The van der Waals surface area contributed by atoms with Crippen molar-refractivity contribution in [3.8, 4) is 0 Å². The van der Waals surface area contributed by atoms with Crippen LogP contribution in [0.5, 0.6) is 0 Å². The van der Waals surface area contributed by atoms with E-state index in [1.165, 1.54) is 6.42 Å². The highest BCUT2D eigenvalue weighted by Gasteiger charge is 2.21. The van der Waals surface area contributed by atoms with Crippen molar-refractivity contribution in [2.75, 3.05) is 24.6 Å². The zero-order valence-corrected chi connectivity index (χ0v) is 11.7. The number of rotatable bonds is 6. The highest BCUT2D eigenvalue weighted by molar-refractivity contribution is 7.13. The van der Waals surface area contributed by atoms with E-state index in [-0.39, 0.29) is 13.0 Å². The lowest BCUT2D eigenvalue weighted by Gasteiger charge is -2.32. The van der Waals surface area contributed by atoms with Crippen molar-refractivity contribution in [2.45, 2.75) is 32.1 Å². The summed E-state index contributed by atoms with van der Waals surface area (Å²) >= 11 is 1.59. The second-order valence-electron chi connectivity index (χ2n) is 4.98. The van der Waals surface area contributed by atoms with Gasteiger partial charge in [-0.3, -0.25) is 4.79 Å². The van der Waals surface area contributed by atoms with E-state index in [0.29, 0.717) is 12.3 Å². The van der Waals surface area contributed by atoms with Gasteiger partial charge in [-0.2, -0.15) is 0 Å². The summed E-state index contributed by atoms with van der Waals surface area (Å²) in [6.45, 7) is 2.21. The molecule has 2 rings (SSSR count). The van der Waals surface area contributed by atoms with Crippen LogP contribution in [-0.2, 0) is 11.2 Å². The quantitative estimate of drug-likeness (QED) is 0.832. The maximum absolute atomic E-state index is 10.5. The number of aliphatic hydroxyl groups excluding tert-OH is 1. The first-order valence-electron chi connectivity index (χ1n) is 6.71. The molecule has 2 heterocycles. The average Bonchev–Trinajstić information content (AvgIpc) is 2.86. The summed E-state index contributed by atoms with van der Waals surface area (Å²) in [5, 5.41) is 20.6. The number of carbonyl (C=O) groups is 1. The van der Waals surface area contributed by atoms with Crippen LogP contribution in [-0.4, -0.2) is 40.9 Å². The predicted molar refractivity (Wildman–Crippen MR) is 74.7 cm³/mol. The van der Waals surface area contributed by atoms with Gasteiger partial charge in [0.05, 0.1) is 12.1 Å². The Labute approximate surface area is 116 Å². The van der Waals surface area contributed by atoms with Gasteiger partial charge in [-0.05, 0) is 25.2 Å². The number of aliphatic carboxylic acids is 1. The predicted octanol–water partition coefficient (Wildman–Crippen LogP) is 1.76. The third kappa shape index (κ3) is 4.18. The molecule has 0 saturated carbocycles. The topological polar surface area (TPSA) is 73.7 Å². The average molecular weight is 284 g/mol. The third-order valence-corrected chi connectivity index (χ3v) is 4.41. The number of aromatic nitrogens is 1. The van der Waals surface area contributed by atoms with Gasteiger partial charge in [0.15, 0.2) is 5.13 Å². The number of carboxylic acids is 1.